The molecule has 1 aliphatic carbocycles. The maximum atomic E-state index is 6.11. The lowest BCUT2D eigenvalue weighted by atomic mass is 10.3. The number of nitrogens with zero attached hydrogens (tertiary/aromatic N) is 8. The van der Waals surface area contributed by atoms with Crippen LogP contribution < -0.4 is 5.32 Å². The lowest BCUT2D eigenvalue weighted by molar-refractivity contribution is 0.640. The summed E-state index contributed by atoms with van der Waals surface area (Å²) in [6, 6.07) is 7.82. The van der Waals surface area contributed by atoms with Gasteiger partial charge >= 0.3 is 0 Å². The number of hydrogen-bond donors (Lipinski definition) is 1. The maximum absolute atomic E-state index is 6.11. The first-order valence-corrected chi connectivity index (χ1v) is 10.8. The summed E-state index contributed by atoms with van der Waals surface area (Å²) in [6.45, 7) is 5.10. The second-order valence-corrected chi connectivity index (χ2v) is 8.47. The van der Waals surface area contributed by atoms with Gasteiger partial charge < -0.3 is 9.72 Å². The molecule has 0 atom stereocenters. The minimum absolute atomic E-state index is 0.504. The summed E-state index contributed by atoms with van der Waals surface area (Å²) >= 11 is 6.11. The van der Waals surface area contributed by atoms with E-state index in [1.165, 1.54) is 12.8 Å². The number of fused-ring (bicyclic) bond motifs is 2. The van der Waals surface area contributed by atoms with Gasteiger partial charge in [0.1, 0.15) is 5.69 Å². The van der Waals surface area contributed by atoms with Gasteiger partial charge in [0.05, 0.1) is 60.1 Å². The van der Waals surface area contributed by atoms with Gasteiger partial charge in [-0.1, -0.05) is 23.4 Å². The molecule has 9 nitrogen and oxygen atoms in total. The summed E-state index contributed by atoms with van der Waals surface area (Å²) in [6.07, 6.45) is 9.90. The number of aromatic nitrogens is 8. The Morgan fingerprint density at radius 2 is 2.12 bits per heavy atom. The molecule has 0 saturated heterocycles. The fourth-order valence-corrected chi connectivity index (χ4v) is 3.89. The summed E-state index contributed by atoms with van der Waals surface area (Å²) in [5.41, 5.74) is 6.02. The van der Waals surface area contributed by atoms with E-state index in [4.69, 9.17) is 11.6 Å². The van der Waals surface area contributed by atoms with Crippen LogP contribution in [-0.2, 0) is 13.1 Å². The highest BCUT2D eigenvalue weighted by Crippen LogP contribution is 2.38. The molecule has 5 aromatic heterocycles. The van der Waals surface area contributed by atoms with Crippen LogP contribution in [0.4, 0.5) is 0 Å². The van der Waals surface area contributed by atoms with E-state index < -0.39 is 0 Å². The molecule has 0 bridgehead atoms. The molecule has 5 aromatic rings. The van der Waals surface area contributed by atoms with E-state index in [-0.39, 0.29) is 0 Å². The molecule has 32 heavy (non-hydrogen) atoms. The third-order valence-corrected chi connectivity index (χ3v) is 5.84. The first kappa shape index (κ1) is 19.0. The molecule has 0 radical (unpaired) electrons. The van der Waals surface area contributed by atoms with Crippen molar-refractivity contribution >= 4 is 28.5 Å². The van der Waals surface area contributed by atoms with Crippen LogP contribution in [0.25, 0.3) is 16.9 Å². The van der Waals surface area contributed by atoms with Gasteiger partial charge in [0.25, 0.3) is 0 Å². The van der Waals surface area contributed by atoms with E-state index in [0.29, 0.717) is 35.4 Å². The van der Waals surface area contributed by atoms with Crippen LogP contribution in [0.3, 0.4) is 0 Å². The zero-order chi connectivity index (χ0) is 21.7. The molecule has 1 saturated carbocycles. The minimum Gasteiger partial charge on any atom is -0.378 e. The first-order chi connectivity index (χ1) is 15.6. The molecule has 0 spiro atoms. The summed E-state index contributed by atoms with van der Waals surface area (Å²) in [4.78, 5) is 9.09. The number of pyridine rings is 1. The van der Waals surface area contributed by atoms with Crippen molar-refractivity contribution in [3.05, 3.63) is 83.6 Å². The number of imidazole rings is 2. The molecule has 1 fully saturated rings. The normalized spacial score (nSPS) is 13.8. The summed E-state index contributed by atoms with van der Waals surface area (Å²) in [5, 5.41) is 17.1. The smallest absolute Gasteiger partial charge is 0.153 e. The van der Waals surface area contributed by atoms with Crippen molar-refractivity contribution in [3.63, 3.8) is 0 Å². The minimum atomic E-state index is 0.504. The van der Waals surface area contributed by atoms with Gasteiger partial charge in [-0.2, -0.15) is 5.10 Å². The zero-order valence-corrected chi connectivity index (χ0v) is 17.9. The average molecular weight is 446 g/mol. The quantitative estimate of drug-likeness (QED) is 0.413. The van der Waals surface area contributed by atoms with E-state index >= 15 is 0 Å². The van der Waals surface area contributed by atoms with Gasteiger partial charge in [-0.25, -0.2) is 19.2 Å². The van der Waals surface area contributed by atoms with Gasteiger partial charge in [-0.05, 0) is 37.1 Å². The van der Waals surface area contributed by atoms with Crippen molar-refractivity contribution in [2.24, 2.45) is 0 Å². The van der Waals surface area contributed by atoms with Crippen LogP contribution in [0.1, 0.15) is 41.5 Å². The van der Waals surface area contributed by atoms with Crippen LogP contribution in [0, 0.1) is 0 Å². The molecule has 0 unspecified atom stereocenters. The fraction of sp³-hybridized carbons (Fsp3) is 0.227. The molecule has 6 rings (SSSR count). The Balaban J connectivity index is 1.13. The molecule has 1 N–H and O–H groups in total. The third kappa shape index (κ3) is 3.60. The SMILES string of the molecule is C=C(NCc1ncn2ccc(Cl)cc12)c1cn(Cc2cn3nc(C4CC4)ccc3n2)nn1. The summed E-state index contributed by atoms with van der Waals surface area (Å²) in [7, 11) is 0. The van der Waals surface area contributed by atoms with E-state index in [1.54, 1.807) is 11.0 Å². The van der Waals surface area contributed by atoms with Crippen molar-refractivity contribution in [3.8, 4) is 0 Å². The molecule has 0 aliphatic heterocycles. The molecule has 10 heteroatoms. The lowest BCUT2D eigenvalue weighted by Crippen LogP contribution is -2.11. The van der Waals surface area contributed by atoms with E-state index in [2.05, 4.69) is 43.3 Å². The Labute approximate surface area is 188 Å². The molecular weight excluding hydrogens is 426 g/mol. The second-order valence-electron chi connectivity index (χ2n) is 8.03. The number of nitrogens with one attached hydrogen (secondary N) is 1. The second kappa shape index (κ2) is 7.45. The van der Waals surface area contributed by atoms with Gasteiger partial charge in [-0.3, -0.25) is 0 Å². The van der Waals surface area contributed by atoms with Crippen LogP contribution >= 0.6 is 11.6 Å². The van der Waals surface area contributed by atoms with Gasteiger partial charge in [0.2, 0.25) is 0 Å². The van der Waals surface area contributed by atoms with Crippen LogP contribution in [0.5, 0.6) is 0 Å². The van der Waals surface area contributed by atoms with Gasteiger partial charge in [0.15, 0.2) is 5.65 Å². The molecular formula is C22H20ClN9. The lowest BCUT2D eigenvalue weighted by Gasteiger charge is -2.05. The highest BCUT2D eigenvalue weighted by Gasteiger charge is 2.25. The van der Waals surface area contributed by atoms with E-state index in [1.807, 2.05) is 45.7 Å². The Morgan fingerprint density at radius 3 is 3.00 bits per heavy atom. The first-order valence-electron chi connectivity index (χ1n) is 10.4. The zero-order valence-electron chi connectivity index (χ0n) is 17.2. The van der Waals surface area contributed by atoms with Crippen molar-refractivity contribution < 1.29 is 0 Å². The average Bonchev–Trinajstić information content (AvgIpc) is 3.21. The molecule has 5 heterocycles. The fourth-order valence-electron chi connectivity index (χ4n) is 3.73. The highest BCUT2D eigenvalue weighted by atomic mass is 35.5. The Hall–Kier alpha value is -3.72. The monoisotopic (exact) mass is 445 g/mol. The Bertz CT molecular complexity index is 1460. The van der Waals surface area contributed by atoms with Crippen LogP contribution in [0.2, 0.25) is 5.02 Å². The molecule has 0 aromatic carbocycles. The molecule has 0 amide bonds. The Kier molecular flexibility index (Phi) is 4.43. The largest absolute Gasteiger partial charge is 0.378 e. The van der Waals surface area contributed by atoms with Gasteiger partial charge in [0, 0.05) is 17.1 Å². The van der Waals surface area contributed by atoms with Crippen LogP contribution in [0.15, 0.2) is 55.8 Å². The molecule has 1 aliphatic rings. The topological polar surface area (TPSA) is 90.2 Å². The third-order valence-electron chi connectivity index (χ3n) is 5.61. The Morgan fingerprint density at radius 1 is 1.22 bits per heavy atom. The van der Waals surface area contributed by atoms with Gasteiger partial charge in [-0.15, -0.1) is 5.10 Å². The summed E-state index contributed by atoms with van der Waals surface area (Å²) < 4.78 is 5.53. The number of hydrogen-bond acceptors (Lipinski definition) is 6. The summed E-state index contributed by atoms with van der Waals surface area (Å²) in [5.74, 6) is 0.610. The maximum Gasteiger partial charge on any atom is 0.153 e. The number of halogens is 1. The highest BCUT2D eigenvalue weighted by molar-refractivity contribution is 6.30. The van der Waals surface area contributed by atoms with Crippen molar-refractivity contribution in [2.45, 2.75) is 31.8 Å². The van der Waals surface area contributed by atoms with Crippen LogP contribution in [-0.4, -0.2) is 39.0 Å². The predicted molar refractivity (Wildman–Crippen MR) is 120 cm³/mol. The van der Waals surface area contributed by atoms with E-state index in [0.717, 1.165) is 28.2 Å². The van der Waals surface area contributed by atoms with Crippen molar-refractivity contribution in [1.29, 1.82) is 0 Å². The van der Waals surface area contributed by atoms with Crippen molar-refractivity contribution in [1.82, 2.24) is 44.3 Å². The number of rotatable bonds is 7. The van der Waals surface area contributed by atoms with E-state index in [9.17, 15) is 0 Å². The van der Waals surface area contributed by atoms with Crippen molar-refractivity contribution in [2.75, 3.05) is 0 Å². The predicted octanol–water partition coefficient (Wildman–Crippen LogP) is 3.31. The molecule has 160 valence electrons. The standard InChI is InChI=1S/C22H20ClN9/c1-14(24-9-19-21-8-16(23)6-7-30(21)13-25-19)20-12-31(29-27-20)10-17-11-32-22(26-17)5-4-18(28-32)15-2-3-15/h4-8,11-13,15,24H,1-3,9-10H2.